The minimum atomic E-state index is -0.446. The molecule has 0 spiro atoms. The van der Waals surface area contributed by atoms with Gasteiger partial charge in [-0.25, -0.2) is 0 Å². The largest absolute Gasteiger partial charge is 0.353 e. The van der Waals surface area contributed by atoms with Gasteiger partial charge in [-0.05, 0) is 77.0 Å². The molecule has 32 heavy (non-hydrogen) atoms. The van der Waals surface area contributed by atoms with Gasteiger partial charge in [-0.1, -0.05) is 12.2 Å². The van der Waals surface area contributed by atoms with Gasteiger partial charge in [0, 0.05) is 38.4 Å². The van der Waals surface area contributed by atoms with Crippen LogP contribution in [0, 0.1) is 29.6 Å². The molecule has 4 aliphatic rings. The van der Waals surface area contributed by atoms with E-state index in [0.29, 0.717) is 30.5 Å². The molecule has 2 aliphatic carbocycles. The maximum absolute atomic E-state index is 12.2. The van der Waals surface area contributed by atoms with Crippen LogP contribution in [0.15, 0.2) is 12.2 Å². The van der Waals surface area contributed by atoms with Crippen LogP contribution in [0.4, 0.5) is 0 Å². The molecule has 0 amide bonds. The molecule has 2 saturated heterocycles. The van der Waals surface area contributed by atoms with Crippen LogP contribution < -0.4 is 0 Å². The first-order valence-corrected chi connectivity index (χ1v) is 12.7. The van der Waals surface area contributed by atoms with Crippen LogP contribution in [0.3, 0.4) is 0 Å². The second-order valence-corrected chi connectivity index (χ2v) is 10.2. The highest BCUT2D eigenvalue weighted by Gasteiger charge is 2.48. The average Bonchev–Trinajstić information content (AvgIpc) is 3.29. The fourth-order valence-corrected chi connectivity index (χ4v) is 5.86. The summed E-state index contributed by atoms with van der Waals surface area (Å²) in [6.07, 6.45) is 14.8. The zero-order valence-electron chi connectivity index (χ0n) is 19.9. The van der Waals surface area contributed by atoms with Crippen molar-refractivity contribution in [1.29, 1.82) is 0 Å². The molecule has 2 heterocycles. The third-order valence-corrected chi connectivity index (χ3v) is 7.61. The molecule has 4 rings (SSSR count). The van der Waals surface area contributed by atoms with Gasteiger partial charge in [-0.2, -0.15) is 0 Å². The van der Waals surface area contributed by atoms with Gasteiger partial charge in [0.2, 0.25) is 0 Å². The molecule has 5 heteroatoms. The molecular weight excluding hydrogens is 404 g/mol. The number of ether oxygens (including phenoxy) is 4. The number of Topliss-reactive ketones (excluding diaryl/α,β-unsaturated/α-hetero) is 1. The maximum atomic E-state index is 12.2. The minimum absolute atomic E-state index is 0.0997. The van der Waals surface area contributed by atoms with Crippen LogP contribution in [0.5, 0.6) is 0 Å². The Labute approximate surface area is 193 Å². The maximum Gasteiger partial charge on any atom is 0.158 e. The standard InChI is InChI=1S/C27H40O5/c1-3-4-7-13-27(2,32-26-11-6-9-16-30-26)14-12-22-23-19-21(28)17-20(23)18-24(22)31-25-10-5-8-15-29-25/h12,14,20,22-26H,5-11,13,15-19H2,1-2H3/b14-12+/t20-,22+,23-,24+,25?,26?,27?/m0/s1. The lowest BCUT2D eigenvalue weighted by atomic mass is 9.88. The van der Waals surface area contributed by atoms with Crippen molar-refractivity contribution in [1.82, 2.24) is 0 Å². The smallest absolute Gasteiger partial charge is 0.158 e. The van der Waals surface area contributed by atoms with Crippen LogP contribution in [-0.4, -0.2) is 43.3 Å². The Kier molecular flexibility index (Phi) is 8.45. The van der Waals surface area contributed by atoms with Crippen molar-refractivity contribution < 1.29 is 23.7 Å². The fraction of sp³-hybridized carbons (Fsp3) is 0.815. The van der Waals surface area contributed by atoms with Crippen LogP contribution in [-0.2, 0) is 23.7 Å². The summed E-state index contributed by atoms with van der Waals surface area (Å²) in [5, 5.41) is 0. The monoisotopic (exact) mass is 444 g/mol. The number of fused-ring (bicyclic) bond motifs is 1. The Morgan fingerprint density at radius 3 is 2.53 bits per heavy atom. The van der Waals surface area contributed by atoms with Gasteiger partial charge in [-0.3, -0.25) is 4.79 Å². The molecule has 2 saturated carbocycles. The predicted molar refractivity (Wildman–Crippen MR) is 123 cm³/mol. The lowest BCUT2D eigenvalue weighted by molar-refractivity contribution is -0.208. The number of hydrogen-bond donors (Lipinski definition) is 0. The van der Waals surface area contributed by atoms with Crippen molar-refractivity contribution in [3.8, 4) is 11.8 Å². The van der Waals surface area contributed by atoms with E-state index < -0.39 is 5.60 Å². The SMILES string of the molecule is CC#CCCC(C)(/C=C/[C@@H]1[C@H]2CC(=O)C[C@H]2C[C@H]1OC1CCCCO1)OC1CCCCO1. The van der Waals surface area contributed by atoms with E-state index in [2.05, 4.69) is 30.9 Å². The Hall–Kier alpha value is -1.19. The molecule has 7 atom stereocenters. The highest BCUT2D eigenvalue weighted by molar-refractivity contribution is 5.81. The highest BCUT2D eigenvalue weighted by atomic mass is 16.7. The van der Waals surface area contributed by atoms with Gasteiger partial charge >= 0.3 is 0 Å². The third-order valence-electron chi connectivity index (χ3n) is 7.61. The van der Waals surface area contributed by atoms with E-state index in [1.807, 2.05) is 6.92 Å². The molecule has 2 aliphatic heterocycles. The molecule has 0 aromatic carbocycles. The number of carbonyl (C=O) groups excluding carboxylic acids is 1. The number of rotatable bonds is 8. The summed E-state index contributed by atoms with van der Waals surface area (Å²) in [5.74, 6) is 7.62. The molecule has 0 aromatic rings. The molecular formula is C27H40O5. The van der Waals surface area contributed by atoms with Crippen molar-refractivity contribution in [2.24, 2.45) is 17.8 Å². The zero-order chi connectivity index (χ0) is 22.4. The number of hydrogen-bond acceptors (Lipinski definition) is 5. The van der Waals surface area contributed by atoms with E-state index in [1.165, 1.54) is 0 Å². The Balaban J connectivity index is 1.48. The molecule has 4 fully saturated rings. The average molecular weight is 445 g/mol. The lowest BCUT2D eigenvalue weighted by Crippen LogP contribution is -2.36. The second-order valence-electron chi connectivity index (χ2n) is 10.2. The summed E-state index contributed by atoms with van der Waals surface area (Å²) in [6.45, 7) is 5.58. The van der Waals surface area contributed by atoms with Crippen LogP contribution in [0.25, 0.3) is 0 Å². The fourth-order valence-electron chi connectivity index (χ4n) is 5.86. The van der Waals surface area contributed by atoms with Crippen LogP contribution in [0.1, 0.15) is 84.5 Å². The molecule has 178 valence electrons. The summed E-state index contributed by atoms with van der Waals surface area (Å²) in [5.41, 5.74) is -0.446. The molecule has 0 bridgehead atoms. The molecule has 0 radical (unpaired) electrons. The van der Waals surface area contributed by atoms with Crippen molar-refractivity contribution in [2.45, 2.75) is 109 Å². The Morgan fingerprint density at radius 2 is 1.84 bits per heavy atom. The van der Waals surface area contributed by atoms with Crippen molar-refractivity contribution >= 4 is 5.78 Å². The van der Waals surface area contributed by atoms with E-state index in [1.54, 1.807) is 0 Å². The highest BCUT2D eigenvalue weighted by Crippen LogP contribution is 2.49. The Morgan fingerprint density at radius 1 is 1.09 bits per heavy atom. The molecule has 0 N–H and O–H groups in total. The normalized spacial score (nSPS) is 37.1. The van der Waals surface area contributed by atoms with Gasteiger partial charge in [0.15, 0.2) is 12.6 Å². The van der Waals surface area contributed by atoms with Gasteiger partial charge in [0.25, 0.3) is 0 Å². The first kappa shape index (κ1) is 24.0. The van der Waals surface area contributed by atoms with Gasteiger partial charge < -0.3 is 18.9 Å². The number of ketones is 1. The van der Waals surface area contributed by atoms with Gasteiger partial charge in [0.1, 0.15) is 5.78 Å². The lowest BCUT2D eigenvalue weighted by Gasteiger charge is -2.34. The molecule has 0 aromatic heterocycles. The van der Waals surface area contributed by atoms with E-state index in [-0.39, 0.29) is 24.6 Å². The topological polar surface area (TPSA) is 54.0 Å². The summed E-state index contributed by atoms with van der Waals surface area (Å²) < 4.78 is 24.7. The van der Waals surface area contributed by atoms with E-state index in [0.717, 1.165) is 71.0 Å². The van der Waals surface area contributed by atoms with Gasteiger partial charge in [-0.15, -0.1) is 11.8 Å². The zero-order valence-corrected chi connectivity index (χ0v) is 19.9. The second kappa shape index (κ2) is 11.3. The first-order valence-electron chi connectivity index (χ1n) is 12.7. The minimum Gasteiger partial charge on any atom is -0.353 e. The number of carbonyl (C=O) groups is 1. The summed E-state index contributed by atoms with van der Waals surface area (Å²) in [6, 6.07) is 0. The summed E-state index contributed by atoms with van der Waals surface area (Å²) >= 11 is 0. The summed E-state index contributed by atoms with van der Waals surface area (Å²) in [7, 11) is 0. The quantitative estimate of drug-likeness (QED) is 0.382. The van der Waals surface area contributed by atoms with E-state index >= 15 is 0 Å². The van der Waals surface area contributed by atoms with Gasteiger partial charge in [0.05, 0.1) is 11.7 Å². The third kappa shape index (κ3) is 6.23. The Bertz CT molecular complexity index is 709. The van der Waals surface area contributed by atoms with Crippen molar-refractivity contribution in [2.75, 3.05) is 13.2 Å². The van der Waals surface area contributed by atoms with E-state index in [4.69, 9.17) is 18.9 Å². The van der Waals surface area contributed by atoms with Crippen LogP contribution >= 0.6 is 0 Å². The predicted octanol–water partition coefficient (Wildman–Crippen LogP) is 5.18. The van der Waals surface area contributed by atoms with Crippen molar-refractivity contribution in [3.05, 3.63) is 12.2 Å². The van der Waals surface area contributed by atoms with E-state index in [9.17, 15) is 4.79 Å². The summed E-state index contributed by atoms with van der Waals surface area (Å²) in [4.78, 5) is 12.2. The molecule has 5 nitrogen and oxygen atoms in total. The first-order chi connectivity index (χ1) is 15.6. The van der Waals surface area contributed by atoms with Crippen molar-refractivity contribution in [3.63, 3.8) is 0 Å². The molecule has 3 unspecified atom stereocenters. The van der Waals surface area contributed by atoms with Crippen LogP contribution in [0.2, 0.25) is 0 Å².